The van der Waals surface area contributed by atoms with Crippen molar-refractivity contribution in [2.45, 2.75) is 24.1 Å². The summed E-state index contributed by atoms with van der Waals surface area (Å²) < 4.78 is 5.77. The highest BCUT2D eigenvalue weighted by atomic mass is 35.5. The summed E-state index contributed by atoms with van der Waals surface area (Å²) in [5.41, 5.74) is 1.67. The number of furan rings is 1. The molecule has 1 aromatic carbocycles. The summed E-state index contributed by atoms with van der Waals surface area (Å²) in [6.45, 7) is 3.76. The van der Waals surface area contributed by atoms with E-state index in [9.17, 15) is 9.59 Å². The van der Waals surface area contributed by atoms with Crippen LogP contribution in [0.1, 0.15) is 19.6 Å². The normalized spacial score (nSPS) is 19.1. The molecule has 0 spiro atoms. The lowest BCUT2D eigenvalue weighted by atomic mass is 9.93. The number of allylic oxidation sites excluding steroid dienone is 1. The zero-order valence-corrected chi connectivity index (χ0v) is 16.9. The second-order valence-corrected chi connectivity index (χ2v) is 8.95. The van der Waals surface area contributed by atoms with Crippen molar-refractivity contribution in [1.29, 1.82) is 0 Å². The molecule has 2 aromatic heterocycles. The van der Waals surface area contributed by atoms with Gasteiger partial charge in [-0.15, -0.1) is 0 Å². The second-order valence-electron chi connectivity index (χ2n) is 6.48. The largest absolute Gasteiger partial charge is 0.450 e. The van der Waals surface area contributed by atoms with E-state index in [0.717, 1.165) is 22.8 Å². The van der Waals surface area contributed by atoms with Crippen LogP contribution in [0.4, 0.5) is 0 Å². The van der Waals surface area contributed by atoms with Crippen molar-refractivity contribution in [1.82, 2.24) is 9.97 Å². The number of carbonyl (C=O) groups excluding carboxylic acids is 2. The van der Waals surface area contributed by atoms with Gasteiger partial charge in [-0.2, -0.15) is 0 Å². The quantitative estimate of drug-likeness (QED) is 0.450. The lowest BCUT2D eigenvalue weighted by Gasteiger charge is -2.07. The highest BCUT2D eigenvalue weighted by Gasteiger charge is 2.40. The number of aromatic nitrogens is 2. The zero-order valence-electron chi connectivity index (χ0n) is 14.5. The SMILES string of the molecule is CC(C)C1C(=O)SC(=Cc2ccc(Sc3nc4ccc(Cl)cc4[nH]3)o2)C1=O. The third kappa shape index (κ3) is 3.72. The summed E-state index contributed by atoms with van der Waals surface area (Å²) in [5, 5.41) is 1.86. The van der Waals surface area contributed by atoms with Crippen molar-refractivity contribution in [3.63, 3.8) is 0 Å². The predicted molar refractivity (Wildman–Crippen MR) is 108 cm³/mol. The van der Waals surface area contributed by atoms with Gasteiger partial charge >= 0.3 is 0 Å². The molecular weight excluding hydrogens is 404 g/mol. The van der Waals surface area contributed by atoms with Crippen LogP contribution in [0, 0.1) is 11.8 Å². The molecule has 0 bridgehead atoms. The Hall–Kier alpha value is -1.96. The molecule has 1 fully saturated rings. The molecule has 27 heavy (non-hydrogen) atoms. The number of halogens is 1. The molecule has 1 atom stereocenters. The number of hydrogen-bond donors (Lipinski definition) is 1. The number of imidazole rings is 1. The monoisotopic (exact) mass is 418 g/mol. The Kier molecular flexibility index (Phi) is 4.92. The summed E-state index contributed by atoms with van der Waals surface area (Å²) in [6.07, 6.45) is 1.63. The first-order valence-electron chi connectivity index (χ1n) is 8.31. The minimum atomic E-state index is -0.563. The summed E-state index contributed by atoms with van der Waals surface area (Å²) in [6, 6.07) is 9.04. The van der Waals surface area contributed by atoms with E-state index < -0.39 is 5.92 Å². The topological polar surface area (TPSA) is 76.0 Å². The Morgan fingerprint density at radius 2 is 2.11 bits per heavy atom. The van der Waals surface area contributed by atoms with Gasteiger partial charge < -0.3 is 9.40 Å². The van der Waals surface area contributed by atoms with Crippen LogP contribution >= 0.6 is 35.1 Å². The van der Waals surface area contributed by atoms with E-state index in [1.54, 1.807) is 18.2 Å². The lowest BCUT2D eigenvalue weighted by molar-refractivity contribution is -0.125. The summed E-state index contributed by atoms with van der Waals surface area (Å²) in [5.74, 6) is -0.162. The van der Waals surface area contributed by atoms with Crippen molar-refractivity contribution in [2.24, 2.45) is 11.8 Å². The first kappa shape index (κ1) is 18.4. The summed E-state index contributed by atoms with van der Waals surface area (Å²) in [7, 11) is 0. The number of fused-ring (bicyclic) bond motifs is 1. The number of H-pyrrole nitrogens is 1. The van der Waals surface area contributed by atoms with Gasteiger partial charge in [-0.3, -0.25) is 9.59 Å². The number of hydrogen-bond acceptors (Lipinski definition) is 6. The smallest absolute Gasteiger partial charge is 0.204 e. The lowest BCUT2D eigenvalue weighted by Crippen LogP contribution is -2.20. The highest BCUT2D eigenvalue weighted by molar-refractivity contribution is 8.18. The van der Waals surface area contributed by atoms with Gasteiger partial charge in [0.15, 0.2) is 16.0 Å². The fourth-order valence-corrected chi connectivity index (χ4v) is 4.92. The van der Waals surface area contributed by atoms with Crippen molar-refractivity contribution < 1.29 is 14.0 Å². The maximum absolute atomic E-state index is 12.4. The van der Waals surface area contributed by atoms with E-state index >= 15 is 0 Å². The van der Waals surface area contributed by atoms with E-state index in [-0.39, 0.29) is 16.8 Å². The molecule has 3 aromatic rings. The van der Waals surface area contributed by atoms with Gasteiger partial charge in [0, 0.05) is 5.02 Å². The maximum atomic E-state index is 12.4. The third-order valence-electron chi connectivity index (χ3n) is 4.15. The number of rotatable bonds is 4. The predicted octanol–water partition coefficient (Wildman–Crippen LogP) is 5.42. The number of benzene rings is 1. The number of Topliss-reactive ketones (excluding diaryl/α,β-unsaturated/α-hetero) is 1. The van der Waals surface area contributed by atoms with E-state index in [2.05, 4.69) is 9.97 Å². The number of carbonyl (C=O) groups is 2. The van der Waals surface area contributed by atoms with Crippen LogP contribution in [0.5, 0.6) is 0 Å². The number of nitrogens with one attached hydrogen (secondary N) is 1. The maximum Gasteiger partial charge on any atom is 0.204 e. The number of thioether (sulfide) groups is 1. The molecule has 1 aliphatic heterocycles. The molecule has 0 radical (unpaired) electrons. The Morgan fingerprint density at radius 3 is 2.85 bits per heavy atom. The van der Waals surface area contributed by atoms with Crippen LogP contribution in [0.3, 0.4) is 0 Å². The van der Waals surface area contributed by atoms with Crippen LogP contribution in [0.25, 0.3) is 17.1 Å². The Balaban J connectivity index is 1.53. The molecule has 4 rings (SSSR count). The molecule has 1 aliphatic rings. The van der Waals surface area contributed by atoms with E-state index in [1.165, 1.54) is 11.8 Å². The minimum Gasteiger partial charge on any atom is -0.450 e. The average Bonchev–Trinajstić information content (AvgIpc) is 3.26. The first-order valence-corrected chi connectivity index (χ1v) is 10.3. The van der Waals surface area contributed by atoms with Crippen LogP contribution < -0.4 is 0 Å². The van der Waals surface area contributed by atoms with E-state index in [0.29, 0.717) is 25.9 Å². The summed E-state index contributed by atoms with van der Waals surface area (Å²) >= 11 is 8.33. The van der Waals surface area contributed by atoms with Gasteiger partial charge in [-0.1, -0.05) is 25.4 Å². The van der Waals surface area contributed by atoms with Crippen LogP contribution in [-0.4, -0.2) is 20.9 Å². The molecule has 3 heterocycles. The first-order chi connectivity index (χ1) is 12.9. The standard InChI is InChI=1S/C19H15ClN2O3S2/c1-9(2)16-17(23)14(26-18(16)24)8-11-4-6-15(25-11)27-19-21-12-5-3-10(20)7-13(12)22-19/h3-9,16H,1-2H3,(H,21,22). The highest BCUT2D eigenvalue weighted by Crippen LogP contribution is 2.39. The Labute approximate surface area is 168 Å². The van der Waals surface area contributed by atoms with Crippen molar-refractivity contribution in [3.8, 4) is 0 Å². The molecule has 1 saturated heterocycles. The van der Waals surface area contributed by atoms with E-state index in [1.807, 2.05) is 32.0 Å². The minimum absolute atomic E-state index is 0.00675. The Morgan fingerprint density at radius 1 is 1.30 bits per heavy atom. The van der Waals surface area contributed by atoms with Crippen LogP contribution in [0.2, 0.25) is 5.02 Å². The number of ketones is 1. The van der Waals surface area contributed by atoms with Gasteiger partial charge in [-0.25, -0.2) is 4.98 Å². The second kappa shape index (κ2) is 7.22. The average molecular weight is 419 g/mol. The van der Waals surface area contributed by atoms with Gasteiger partial charge in [0.1, 0.15) is 5.76 Å². The fraction of sp³-hybridized carbons (Fsp3) is 0.211. The van der Waals surface area contributed by atoms with Gasteiger partial charge in [0.2, 0.25) is 5.12 Å². The zero-order chi connectivity index (χ0) is 19.1. The van der Waals surface area contributed by atoms with Crippen LogP contribution in [0.15, 0.2) is 49.9 Å². The molecule has 0 amide bonds. The Bertz CT molecular complexity index is 1080. The molecule has 1 unspecified atom stereocenters. The van der Waals surface area contributed by atoms with Gasteiger partial charge in [0.05, 0.1) is 21.9 Å². The third-order valence-corrected chi connectivity index (χ3v) is 6.19. The number of aromatic amines is 1. The van der Waals surface area contributed by atoms with Crippen LogP contribution in [-0.2, 0) is 9.59 Å². The van der Waals surface area contributed by atoms with Crippen molar-refractivity contribution >= 4 is 63.1 Å². The van der Waals surface area contributed by atoms with Gasteiger partial charge in [0.25, 0.3) is 0 Å². The van der Waals surface area contributed by atoms with Crippen molar-refractivity contribution in [3.05, 3.63) is 46.0 Å². The molecular formula is C19H15ClN2O3S2. The van der Waals surface area contributed by atoms with E-state index in [4.69, 9.17) is 16.0 Å². The molecule has 138 valence electrons. The summed E-state index contributed by atoms with van der Waals surface area (Å²) in [4.78, 5) is 32.5. The van der Waals surface area contributed by atoms with Crippen molar-refractivity contribution in [2.75, 3.05) is 0 Å². The number of nitrogens with zero attached hydrogens (tertiary/aromatic N) is 1. The van der Waals surface area contributed by atoms with Gasteiger partial charge in [-0.05, 0) is 65.8 Å². The molecule has 8 heteroatoms. The molecule has 0 aliphatic carbocycles. The fourth-order valence-electron chi connectivity index (χ4n) is 2.86. The molecule has 0 saturated carbocycles. The molecule has 5 nitrogen and oxygen atoms in total. The molecule has 1 N–H and O–H groups in total.